The van der Waals surface area contributed by atoms with E-state index in [-0.39, 0.29) is 11.8 Å². The molecule has 0 fully saturated rings. The van der Waals surface area contributed by atoms with Gasteiger partial charge in [-0.25, -0.2) is 4.90 Å². The molecular weight excluding hydrogens is 302 g/mol. The van der Waals surface area contributed by atoms with Gasteiger partial charge in [0.05, 0.1) is 5.69 Å². The molecule has 2 amide bonds. The van der Waals surface area contributed by atoms with Crippen molar-refractivity contribution in [1.82, 2.24) is 0 Å². The minimum absolute atomic E-state index is 0.214. The maximum absolute atomic E-state index is 12.5. The Morgan fingerprint density at radius 2 is 1.73 bits per heavy atom. The second-order valence-corrected chi connectivity index (χ2v) is 5.71. The van der Waals surface area contributed by atoms with Crippen LogP contribution >= 0.6 is 11.6 Å². The van der Waals surface area contributed by atoms with Crippen LogP contribution < -0.4 is 4.90 Å². The van der Waals surface area contributed by atoms with Gasteiger partial charge in [0.15, 0.2) is 0 Å². The largest absolute Gasteiger partial charge is 0.276 e. The Balaban J connectivity index is 1.92. The van der Waals surface area contributed by atoms with Crippen molar-refractivity contribution < 1.29 is 14.4 Å². The predicted octanol–water partition coefficient (Wildman–Crippen LogP) is 3.21. The second kappa shape index (κ2) is 5.89. The fourth-order valence-corrected chi connectivity index (χ4v) is 2.97. The molecule has 0 unspecified atom stereocenters. The Labute approximate surface area is 133 Å². The van der Waals surface area contributed by atoms with Gasteiger partial charge in [0.25, 0.3) is 11.8 Å². The van der Waals surface area contributed by atoms with Crippen molar-refractivity contribution in [1.29, 1.82) is 0 Å². The number of carbonyl (C=O) groups excluding carboxylic acids is 3. The third-order valence-electron chi connectivity index (χ3n) is 3.93. The van der Waals surface area contributed by atoms with E-state index in [0.29, 0.717) is 35.2 Å². The number of allylic oxidation sites excluding steroid dienone is 1. The van der Waals surface area contributed by atoms with Crippen LogP contribution in [0.1, 0.15) is 31.2 Å². The monoisotopic (exact) mass is 315 g/mol. The van der Waals surface area contributed by atoms with Gasteiger partial charge in [-0.1, -0.05) is 18.2 Å². The number of imide groups is 1. The Bertz CT molecular complexity index is 705. The van der Waals surface area contributed by atoms with E-state index in [1.165, 1.54) is 11.0 Å². The average Bonchev–Trinajstić information content (AvgIpc) is 2.78. The van der Waals surface area contributed by atoms with E-state index in [4.69, 9.17) is 11.6 Å². The highest BCUT2D eigenvalue weighted by molar-refractivity contribution is 6.66. The zero-order valence-electron chi connectivity index (χ0n) is 11.8. The van der Waals surface area contributed by atoms with Crippen LogP contribution in [0.2, 0.25) is 0 Å². The second-order valence-electron chi connectivity index (χ2n) is 5.34. The number of hydrogen-bond acceptors (Lipinski definition) is 3. The van der Waals surface area contributed by atoms with Gasteiger partial charge in [0, 0.05) is 11.1 Å². The summed E-state index contributed by atoms with van der Waals surface area (Å²) in [5, 5.41) is -0.573. The molecular formula is C17H14ClNO3. The molecule has 0 radical (unpaired) electrons. The zero-order valence-corrected chi connectivity index (χ0v) is 12.6. The number of benzene rings is 1. The summed E-state index contributed by atoms with van der Waals surface area (Å²) in [4.78, 5) is 37.0. The van der Waals surface area contributed by atoms with E-state index in [2.05, 4.69) is 0 Å². The van der Waals surface area contributed by atoms with Gasteiger partial charge in [0.2, 0.25) is 5.24 Å². The average molecular weight is 316 g/mol. The fourth-order valence-electron chi connectivity index (χ4n) is 2.90. The van der Waals surface area contributed by atoms with Crippen LogP contribution in [0.15, 0.2) is 41.5 Å². The van der Waals surface area contributed by atoms with E-state index in [1.807, 2.05) is 0 Å². The molecule has 112 valence electrons. The van der Waals surface area contributed by atoms with Crippen molar-refractivity contribution in [2.24, 2.45) is 0 Å². The molecule has 0 saturated heterocycles. The minimum atomic E-state index is -0.573. The molecule has 1 aromatic carbocycles. The SMILES string of the molecule is O=C(Cl)C=Cc1cccc(N2C(=O)C3=C(CCCC3)C2=O)c1. The summed E-state index contributed by atoms with van der Waals surface area (Å²) in [5.74, 6) is -0.427. The fraction of sp³-hybridized carbons (Fsp3) is 0.235. The molecule has 1 aliphatic carbocycles. The van der Waals surface area contributed by atoms with Crippen molar-refractivity contribution in [3.8, 4) is 0 Å². The van der Waals surface area contributed by atoms with E-state index in [1.54, 1.807) is 30.3 Å². The minimum Gasteiger partial charge on any atom is -0.276 e. The summed E-state index contributed by atoms with van der Waals surface area (Å²) in [5.41, 5.74) is 2.55. The molecule has 5 heteroatoms. The van der Waals surface area contributed by atoms with Crippen molar-refractivity contribution in [2.45, 2.75) is 25.7 Å². The van der Waals surface area contributed by atoms with Gasteiger partial charge in [-0.15, -0.1) is 0 Å². The van der Waals surface area contributed by atoms with Crippen LogP contribution in [0.5, 0.6) is 0 Å². The molecule has 0 spiro atoms. The standard InChI is InChI=1S/C17H14ClNO3/c18-15(20)9-8-11-4-3-5-12(10-11)19-16(21)13-6-1-2-7-14(13)17(19)22/h3-5,8-10H,1-2,6-7H2. The molecule has 0 atom stereocenters. The van der Waals surface area contributed by atoms with Crippen LogP contribution in [0.4, 0.5) is 5.69 Å². The molecule has 2 aliphatic rings. The lowest BCUT2D eigenvalue weighted by Gasteiger charge is -2.15. The van der Waals surface area contributed by atoms with E-state index in [0.717, 1.165) is 12.8 Å². The first-order valence-corrected chi connectivity index (χ1v) is 7.54. The third-order valence-corrected chi connectivity index (χ3v) is 4.05. The number of carbonyl (C=O) groups is 3. The topological polar surface area (TPSA) is 54.5 Å². The Kier molecular flexibility index (Phi) is 3.94. The summed E-state index contributed by atoms with van der Waals surface area (Å²) in [6.45, 7) is 0. The van der Waals surface area contributed by atoms with Crippen molar-refractivity contribution in [3.63, 3.8) is 0 Å². The summed E-state index contributed by atoms with van der Waals surface area (Å²) < 4.78 is 0. The maximum Gasteiger partial charge on any atom is 0.261 e. The van der Waals surface area contributed by atoms with Gasteiger partial charge in [0.1, 0.15) is 0 Å². The van der Waals surface area contributed by atoms with Gasteiger partial charge in [-0.2, -0.15) is 0 Å². The Morgan fingerprint density at radius 1 is 1.09 bits per heavy atom. The van der Waals surface area contributed by atoms with E-state index in [9.17, 15) is 14.4 Å². The normalized spacial score (nSPS) is 18.3. The van der Waals surface area contributed by atoms with Gasteiger partial charge >= 0.3 is 0 Å². The molecule has 1 aromatic rings. The molecule has 0 N–H and O–H groups in total. The molecule has 3 rings (SSSR count). The zero-order chi connectivity index (χ0) is 15.7. The lowest BCUT2D eigenvalue weighted by atomic mass is 9.93. The molecule has 0 saturated carbocycles. The summed E-state index contributed by atoms with van der Waals surface area (Å²) in [6.07, 6.45) is 6.04. The molecule has 1 heterocycles. The first-order valence-electron chi connectivity index (χ1n) is 7.16. The van der Waals surface area contributed by atoms with E-state index >= 15 is 0 Å². The van der Waals surface area contributed by atoms with Crippen LogP contribution in [-0.4, -0.2) is 17.1 Å². The summed E-state index contributed by atoms with van der Waals surface area (Å²) in [6, 6.07) is 6.93. The quantitative estimate of drug-likeness (QED) is 0.489. The lowest BCUT2D eigenvalue weighted by Crippen LogP contribution is -2.31. The Hall–Kier alpha value is -2.20. The third kappa shape index (κ3) is 2.62. The van der Waals surface area contributed by atoms with Crippen molar-refractivity contribution in [3.05, 3.63) is 47.1 Å². The first kappa shape index (κ1) is 14.7. The predicted molar refractivity (Wildman–Crippen MR) is 84.3 cm³/mol. The number of nitrogens with zero attached hydrogens (tertiary/aromatic N) is 1. The van der Waals surface area contributed by atoms with Gasteiger partial charge in [-0.05, 0) is 61.1 Å². The lowest BCUT2D eigenvalue weighted by molar-refractivity contribution is -0.120. The molecule has 22 heavy (non-hydrogen) atoms. The number of amides is 2. The molecule has 1 aliphatic heterocycles. The summed E-state index contributed by atoms with van der Waals surface area (Å²) in [7, 11) is 0. The van der Waals surface area contributed by atoms with Crippen molar-refractivity contribution in [2.75, 3.05) is 4.90 Å². The van der Waals surface area contributed by atoms with Gasteiger partial charge < -0.3 is 0 Å². The highest BCUT2D eigenvalue weighted by Crippen LogP contribution is 2.35. The highest BCUT2D eigenvalue weighted by atomic mass is 35.5. The first-order chi connectivity index (χ1) is 10.6. The van der Waals surface area contributed by atoms with Gasteiger partial charge in [-0.3, -0.25) is 14.4 Å². The molecule has 4 nitrogen and oxygen atoms in total. The number of anilines is 1. The maximum atomic E-state index is 12.5. The van der Waals surface area contributed by atoms with Crippen LogP contribution in [0, 0.1) is 0 Å². The molecule has 0 aromatic heterocycles. The number of hydrogen-bond donors (Lipinski definition) is 0. The number of rotatable bonds is 3. The Morgan fingerprint density at radius 3 is 2.32 bits per heavy atom. The van der Waals surface area contributed by atoms with Crippen molar-refractivity contribution >= 4 is 40.4 Å². The van der Waals surface area contributed by atoms with E-state index < -0.39 is 5.24 Å². The van der Waals surface area contributed by atoms with Crippen LogP contribution in [0.25, 0.3) is 6.08 Å². The molecule has 0 bridgehead atoms. The van der Waals surface area contributed by atoms with Crippen LogP contribution in [0.3, 0.4) is 0 Å². The smallest absolute Gasteiger partial charge is 0.261 e. The highest BCUT2D eigenvalue weighted by Gasteiger charge is 2.39. The number of halogens is 1. The van der Waals surface area contributed by atoms with Crippen LogP contribution in [-0.2, 0) is 14.4 Å². The summed E-state index contributed by atoms with van der Waals surface area (Å²) >= 11 is 5.27.